The van der Waals surface area contributed by atoms with Crippen molar-refractivity contribution in [3.8, 4) is 0 Å². The first-order valence-corrected chi connectivity index (χ1v) is 9.43. The van der Waals surface area contributed by atoms with Crippen LogP contribution in [0.25, 0.3) is 0 Å². The summed E-state index contributed by atoms with van der Waals surface area (Å²) in [6.07, 6.45) is 3.02. The van der Waals surface area contributed by atoms with E-state index >= 15 is 0 Å². The van der Waals surface area contributed by atoms with Crippen molar-refractivity contribution in [3.63, 3.8) is 0 Å². The number of hydrogen-bond donors (Lipinski definition) is 0. The number of hydrogen-bond acceptors (Lipinski definition) is 5. The van der Waals surface area contributed by atoms with Gasteiger partial charge in [0.15, 0.2) is 0 Å². The number of non-ortho nitro benzene ring substituents is 1. The molecular weight excluding hydrogens is 398 g/mol. The highest BCUT2D eigenvalue weighted by Gasteiger charge is 2.30. The van der Waals surface area contributed by atoms with Crippen LogP contribution in [0.15, 0.2) is 36.4 Å². The third kappa shape index (κ3) is 4.45. The smallest absolute Gasteiger partial charge is 0.338 e. The number of carbonyl (C=O) groups excluding carboxylic acids is 2. The lowest BCUT2D eigenvalue weighted by atomic mass is 10.0. The summed E-state index contributed by atoms with van der Waals surface area (Å²) in [5.41, 5.74) is -0.979. The largest absolute Gasteiger partial charge is 0.465 e. The zero-order chi connectivity index (χ0) is 21.8. The summed E-state index contributed by atoms with van der Waals surface area (Å²) in [6, 6.07) is 6.45. The van der Waals surface area contributed by atoms with Gasteiger partial charge in [-0.2, -0.15) is 0 Å². The minimum absolute atomic E-state index is 0.117. The summed E-state index contributed by atoms with van der Waals surface area (Å²) < 4.78 is 33.0. The van der Waals surface area contributed by atoms with E-state index in [1.807, 2.05) is 0 Å². The lowest BCUT2D eigenvalue weighted by Crippen LogP contribution is -2.39. The maximum Gasteiger partial charge on any atom is 0.338 e. The zero-order valence-corrected chi connectivity index (χ0v) is 16.3. The van der Waals surface area contributed by atoms with Gasteiger partial charge in [-0.05, 0) is 31.0 Å². The van der Waals surface area contributed by atoms with Crippen LogP contribution in [0.4, 0.5) is 14.5 Å². The molecular formula is C21H20F2N2O5. The lowest BCUT2D eigenvalue weighted by molar-refractivity contribution is -0.384. The third-order valence-electron chi connectivity index (χ3n) is 5.21. The molecule has 158 valence electrons. The molecule has 30 heavy (non-hydrogen) atoms. The predicted molar refractivity (Wildman–Crippen MR) is 103 cm³/mol. The van der Waals surface area contributed by atoms with Gasteiger partial charge in [-0.25, -0.2) is 13.6 Å². The molecule has 0 heterocycles. The fourth-order valence-corrected chi connectivity index (χ4v) is 3.68. The van der Waals surface area contributed by atoms with Crippen LogP contribution < -0.4 is 0 Å². The van der Waals surface area contributed by atoms with E-state index in [0.717, 1.165) is 44.2 Å². The Morgan fingerprint density at radius 3 is 2.30 bits per heavy atom. The first kappa shape index (κ1) is 21.4. The molecule has 1 amide bonds. The molecule has 0 unspecified atom stereocenters. The van der Waals surface area contributed by atoms with Crippen molar-refractivity contribution in [2.45, 2.75) is 38.3 Å². The van der Waals surface area contributed by atoms with Gasteiger partial charge >= 0.3 is 5.97 Å². The number of halogens is 2. The van der Waals surface area contributed by atoms with E-state index in [-0.39, 0.29) is 29.3 Å². The van der Waals surface area contributed by atoms with Crippen molar-refractivity contribution in [1.82, 2.24) is 4.90 Å². The summed E-state index contributed by atoms with van der Waals surface area (Å²) >= 11 is 0. The van der Waals surface area contributed by atoms with Gasteiger partial charge in [-0.15, -0.1) is 0 Å². The van der Waals surface area contributed by atoms with Crippen molar-refractivity contribution in [2.24, 2.45) is 0 Å². The molecule has 3 rings (SSSR count). The second-order valence-electron chi connectivity index (χ2n) is 7.09. The monoisotopic (exact) mass is 418 g/mol. The topological polar surface area (TPSA) is 89.8 Å². The molecule has 0 bridgehead atoms. The molecule has 0 saturated heterocycles. The van der Waals surface area contributed by atoms with Crippen LogP contribution in [-0.4, -0.2) is 34.9 Å². The van der Waals surface area contributed by atoms with Crippen molar-refractivity contribution >= 4 is 17.6 Å². The van der Waals surface area contributed by atoms with Crippen LogP contribution >= 0.6 is 0 Å². The molecule has 0 aromatic heterocycles. The highest BCUT2D eigenvalue weighted by Crippen LogP contribution is 2.29. The number of benzene rings is 2. The third-order valence-corrected chi connectivity index (χ3v) is 5.21. The quantitative estimate of drug-likeness (QED) is 0.398. The van der Waals surface area contributed by atoms with Crippen molar-refractivity contribution < 1.29 is 28.0 Å². The molecule has 0 aliphatic heterocycles. The summed E-state index contributed by atoms with van der Waals surface area (Å²) in [4.78, 5) is 37.1. The standard InChI is InChI=1S/C21H20F2N2O5/c1-30-21(27)14-9-13(10-16(11-14)25(28)29)20(26)24(15-5-2-3-6-15)12-17-18(22)7-4-8-19(17)23/h4,7-11,15H,2-3,5-6,12H2,1H3. The molecule has 1 saturated carbocycles. The van der Waals surface area contributed by atoms with Crippen LogP contribution in [0.2, 0.25) is 0 Å². The second kappa shape index (κ2) is 8.98. The van der Waals surface area contributed by atoms with Crippen LogP contribution in [-0.2, 0) is 11.3 Å². The van der Waals surface area contributed by atoms with Gasteiger partial charge in [0.05, 0.1) is 24.1 Å². The number of methoxy groups -OCH3 is 1. The number of esters is 1. The fourth-order valence-electron chi connectivity index (χ4n) is 3.68. The number of ether oxygens (including phenoxy) is 1. The van der Waals surface area contributed by atoms with Gasteiger partial charge in [0, 0.05) is 29.3 Å². The van der Waals surface area contributed by atoms with Crippen molar-refractivity contribution in [1.29, 1.82) is 0 Å². The zero-order valence-electron chi connectivity index (χ0n) is 16.3. The minimum atomic E-state index is -0.833. The molecule has 7 nitrogen and oxygen atoms in total. The Morgan fingerprint density at radius 1 is 1.13 bits per heavy atom. The Kier molecular flexibility index (Phi) is 6.39. The average molecular weight is 418 g/mol. The molecule has 2 aromatic carbocycles. The Morgan fingerprint density at radius 2 is 1.73 bits per heavy atom. The van der Waals surface area contributed by atoms with Crippen LogP contribution in [0.5, 0.6) is 0 Å². The molecule has 1 fully saturated rings. The number of carbonyl (C=O) groups is 2. The van der Waals surface area contributed by atoms with Gasteiger partial charge in [-0.1, -0.05) is 18.9 Å². The van der Waals surface area contributed by atoms with Gasteiger partial charge in [0.2, 0.25) is 0 Å². The number of amides is 1. The highest BCUT2D eigenvalue weighted by atomic mass is 19.1. The number of nitro groups is 1. The predicted octanol–water partition coefficient (Wildman–Crippen LogP) is 4.24. The number of nitrogens with zero attached hydrogens (tertiary/aromatic N) is 2. The average Bonchev–Trinajstić information content (AvgIpc) is 3.26. The minimum Gasteiger partial charge on any atom is -0.465 e. The van der Waals surface area contributed by atoms with Gasteiger partial charge < -0.3 is 9.64 Å². The SMILES string of the molecule is COC(=O)c1cc(C(=O)N(Cc2c(F)cccc2F)C2CCCC2)cc([N+](=O)[O-])c1. The molecule has 0 radical (unpaired) electrons. The molecule has 1 aliphatic rings. The van der Waals surface area contributed by atoms with Gasteiger partial charge in [0.25, 0.3) is 11.6 Å². The van der Waals surface area contributed by atoms with Crippen molar-refractivity contribution in [2.75, 3.05) is 7.11 Å². The molecule has 2 aromatic rings. The second-order valence-corrected chi connectivity index (χ2v) is 7.09. The molecule has 0 atom stereocenters. The van der Waals surface area contributed by atoms with Gasteiger partial charge in [-0.3, -0.25) is 14.9 Å². The van der Waals surface area contributed by atoms with E-state index in [9.17, 15) is 28.5 Å². The first-order chi connectivity index (χ1) is 14.3. The Balaban J connectivity index is 2.03. The summed E-state index contributed by atoms with van der Waals surface area (Å²) in [5.74, 6) is -3.03. The van der Waals surface area contributed by atoms with Crippen molar-refractivity contribution in [3.05, 3.63) is 74.8 Å². The van der Waals surface area contributed by atoms with E-state index in [0.29, 0.717) is 12.8 Å². The Labute approximate surface area is 171 Å². The summed E-state index contributed by atoms with van der Waals surface area (Å²) in [5, 5.41) is 11.3. The van der Waals surface area contributed by atoms with Crippen LogP contribution in [0, 0.1) is 21.7 Å². The van der Waals surface area contributed by atoms with E-state index in [1.165, 1.54) is 17.0 Å². The van der Waals surface area contributed by atoms with E-state index in [4.69, 9.17) is 0 Å². The molecule has 0 spiro atoms. The number of rotatable bonds is 6. The highest BCUT2D eigenvalue weighted by molar-refractivity contribution is 5.99. The van der Waals surface area contributed by atoms with E-state index in [1.54, 1.807) is 0 Å². The van der Waals surface area contributed by atoms with Crippen LogP contribution in [0.1, 0.15) is 52.0 Å². The maximum atomic E-state index is 14.2. The van der Waals surface area contributed by atoms with Crippen LogP contribution in [0.3, 0.4) is 0 Å². The van der Waals surface area contributed by atoms with E-state index < -0.39 is 34.1 Å². The Bertz CT molecular complexity index is 969. The first-order valence-electron chi connectivity index (χ1n) is 9.43. The lowest BCUT2D eigenvalue weighted by Gasteiger charge is -2.29. The summed E-state index contributed by atoms with van der Waals surface area (Å²) in [6.45, 7) is -0.321. The maximum absolute atomic E-state index is 14.2. The Hall–Kier alpha value is -3.36. The summed E-state index contributed by atoms with van der Waals surface area (Å²) in [7, 11) is 1.12. The molecule has 9 heteroatoms. The molecule has 0 N–H and O–H groups in total. The van der Waals surface area contributed by atoms with E-state index in [2.05, 4.69) is 4.74 Å². The van der Waals surface area contributed by atoms with Gasteiger partial charge in [0.1, 0.15) is 11.6 Å². The fraction of sp³-hybridized carbons (Fsp3) is 0.333. The normalized spacial score (nSPS) is 13.8. The number of nitro benzene ring substituents is 1. The molecule has 1 aliphatic carbocycles.